The van der Waals surface area contributed by atoms with Gasteiger partial charge in [0, 0.05) is 18.0 Å². The van der Waals surface area contributed by atoms with Gasteiger partial charge in [-0.3, -0.25) is 0 Å². The van der Waals surface area contributed by atoms with Crippen LogP contribution in [0.4, 0.5) is 4.39 Å². The third-order valence-corrected chi connectivity index (χ3v) is 5.07. The van der Waals surface area contributed by atoms with Gasteiger partial charge in [-0.05, 0) is 36.8 Å². The number of hydrogen-bond donors (Lipinski definition) is 1. The Hall–Kier alpha value is -0.600. The molecule has 1 saturated carbocycles. The highest BCUT2D eigenvalue weighted by molar-refractivity contribution is 6.30. The molecule has 1 aromatic rings. The second-order valence-electron chi connectivity index (χ2n) is 5.43. The van der Waals surface area contributed by atoms with Crippen LogP contribution in [-0.2, 0) is 0 Å². The summed E-state index contributed by atoms with van der Waals surface area (Å²) in [6, 6.07) is 5.34. The molecule has 3 heteroatoms. The van der Waals surface area contributed by atoms with E-state index >= 15 is 0 Å². The van der Waals surface area contributed by atoms with Crippen molar-refractivity contribution in [2.45, 2.75) is 37.6 Å². The summed E-state index contributed by atoms with van der Waals surface area (Å²) in [7, 11) is 0. The maximum Gasteiger partial charge on any atom is 0.145 e. The molecule has 1 N–H and O–H groups in total. The standard InChI is InChI=1S/C14H17ClFN/c1-9-11(8-17-14(9)6-3-7-14)10-4-2-5-12(15)13(10)16/h2,4-5,9,11,17H,3,6-8H2,1H3. The van der Waals surface area contributed by atoms with Crippen molar-refractivity contribution in [3.8, 4) is 0 Å². The Morgan fingerprint density at radius 2 is 2.18 bits per heavy atom. The van der Waals surface area contributed by atoms with Crippen molar-refractivity contribution in [3.63, 3.8) is 0 Å². The summed E-state index contributed by atoms with van der Waals surface area (Å²) in [6.45, 7) is 3.11. The molecular weight excluding hydrogens is 237 g/mol. The molecule has 0 bridgehead atoms. The predicted octanol–water partition coefficient (Wildman–Crippen LogP) is 3.72. The first-order valence-electron chi connectivity index (χ1n) is 6.33. The Bertz CT molecular complexity index is 442. The fourth-order valence-corrected chi connectivity index (χ4v) is 3.59. The van der Waals surface area contributed by atoms with Crippen molar-refractivity contribution in [2.24, 2.45) is 5.92 Å². The topological polar surface area (TPSA) is 12.0 Å². The van der Waals surface area contributed by atoms with Crippen LogP contribution in [0.5, 0.6) is 0 Å². The lowest BCUT2D eigenvalue weighted by atomic mass is 9.67. The van der Waals surface area contributed by atoms with Gasteiger partial charge in [-0.15, -0.1) is 0 Å². The molecule has 3 rings (SSSR count). The van der Waals surface area contributed by atoms with E-state index in [2.05, 4.69) is 12.2 Å². The Morgan fingerprint density at radius 3 is 2.76 bits per heavy atom. The van der Waals surface area contributed by atoms with Crippen LogP contribution in [0.1, 0.15) is 37.7 Å². The minimum Gasteiger partial charge on any atom is -0.310 e. The molecule has 17 heavy (non-hydrogen) atoms. The lowest BCUT2D eigenvalue weighted by Gasteiger charge is -2.43. The van der Waals surface area contributed by atoms with E-state index in [-0.39, 0.29) is 22.3 Å². The summed E-state index contributed by atoms with van der Waals surface area (Å²) in [5.41, 5.74) is 1.06. The lowest BCUT2D eigenvalue weighted by Crippen LogP contribution is -2.50. The van der Waals surface area contributed by atoms with E-state index in [1.165, 1.54) is 19.3 Å². The summed E-state index contributed by atoms with van der Waals surface area (Å²) in [4.78, 5) is 0. The summed E-state index contributed by atoms with van der Waals surface area (Å²) in [5, 5.41) is 3.84. The average Bonchev–Trinajstić information content (AvgIpc) is 2.60. The second kappa shape index (κ2) is 3.96. The molecule has 1 aliphatic carbocycles. The van der Waals surface area contributed by atoms with Crippen molar-refractivity contribution in [3.05, 3.63) is 34.6 Å². The molecule has 92 valence electrons. The molecule has 1 spiro atoms. The van der Waals surface area contributed by atoms with E-state index in [4.69, 9.17) is 11.6 Å². The number of nitrogens with one attached hydrogen (secondary N) is 1. The van der Waals surface area contributed by atoms with Crippen molar-refractivity contribution < 1.29 is 4.39 Å². The Kier molecular flexibility index (Phi) is 2.68. The van der Waals surface area contributed by atoms with E-state index in [9.17, 15) is 4.39 Å². The molecule has 2 unspecified atom stereocenters. The predicted molar refractivity (Wildman–Crippen MR) is 67.9 cm³/mol. The molecular formula is C14H17ClFN. The minimum atomic E-state index is -0.232. The van der Waals surface area contributed by atoms with Crippen LogP contribution in [0.3, 0.4) is 0 Å². The number of hydrogen-bond acceptors (Lipinski definition) is 1. The molecule has 0 aromatic heterocycles. The third-order valence-electron chi connectivity index (χ3n) is 4.78. The van der Waals surface area contributed by atoms with Crippen molar-refractivity contribution >= 4 is 11.6 Å². The maximum absolute atomic E-state index is 14.0. The molecule has 1 aromatic carbocycles. The van der Waals surface area contributed by atoms with Crippen LogP contribution in [0, 0.1) is 11.7 Å². The average molecular weight is 254 g/mol. The Labute approximate surface area is 106 Å². The van der Waals surface area contributed by atoms with Gasteiger partial charge in [0.05, 0.1) is 5.02 Å². The van der Waals surface area contributed by atoms with Crippen molar-refractivity contribution in [1.82, 2.24) is 5.32 Å². The van der Waals surface area contributed by atoms with Gasteiger partial charge in [0.15, 0.2) is 0 Å². The van der Waals surface area contributed by atoms with Crippen LogP contribution in [0.15, 0.2) is 18.2 Å². The molecule has 0 amide bonds. The first-order chi connectivity index (χ1) is 8.14. The van der Waals surface area contributed by atoms with Crippen molar-refractivity contribution in [2.75, 3.05) is 6.54 Å². The normalized spacial score (nSPS) is 30.5. The van der Waals surface area contributed by atoms with E-state index in [1.807, 2.05) is 12.1 Å². The zero-order valence-corrected chi connectivity index (χ0v) is 10.7. The van der Waals surface area contributed by atoms with Crippen LogP contribution < -0.4 is 5.32 Å². The zero-order valence-electron chi connectivity index (χ0n) is 9.97. The Balaban J connectivity index is 1.93. The molecule has 1 aliphatic heterocycles. The van der Waals surface area contributed by atoms with Crippen LogP contribution in [0.2, 0.25) is 5.02 Å². The largest absolute Gasteiger partial charge is 0.310 e. The molecule has 1 saturated heterocycles. The molecule has 2 fully saturated rings. The number of rotatable bonds is 1. The second-order valence-corrected chi connectivity index (χ2v) is 5.84. The monoisotopic (exact) mass is 253 g/mol. The van der Waals surface area contributed by atoms with Gasteiger partial charge >= 0.3 is 0 Å². The van der Waals surface area contributed by atoms with Crippen LogP contribution >= 0.6 is 11.6 Å². The highest BCUT2D eigenvalue weighted by Crippen LogP contribution is 2.49. The minimum absolute atomic E-state index is 0.232. The van der Waals surface area contributed by atoms with Gasteiger partial charge < -0.3 is 5.32 Å². The highest BCUT2D eigenvalue weighted by Gasteiger charge is 2.50. The summed E-state index contributed by atoms with van der Waals surface area (Å²) in [6.07, 6.45) is 3.75. The highest BCUT2D eigenvalue weighted by atomic mass is 35.5. The van der Waals surface area contributed by atoms with Gasteiger partial charge in [-0.1, -0.05) is 30.7 Å². The molecule has 1 heterocycles. The van der Waals surface area contributed by atoms with Gasteiger partial charge in [-0.25, -0.2) is 4.39 Å². The third kappa shape index (κ3) is 1.61. The molecule has 2 atom stereocenters. The number of halogens is 2. The van der Waals surface area contributed by atoms with Crippen molar-refractivity contribution in [1.29, 1.82) is 0 Å². The summed E-state index contributed by atoms with van der Waals surface area (Å²) < 4.78 is 14.0. The Morgan fingerprint density at radius 1 is 1.41 bits per heavy atom. The summed E-state index contributed by atoms with van der Waals surface area (Å²) >= 11 is 5.86. The first kappa shape index (κ1) is 11.5. The fraction of sp³-hybridized carbons (Fsp3) is 0.571. The van der Waals surface area contributed by atoms with Crippen LogP contribution in [-0.4, -0.2) is 12.1 Å². The van der Waals surface area contributed by atoms with Gasteiger partial charge in [0.25, 0.3) is 0 Å². The van der Waals surface area contributed by atoms with Gasteiger partial charge in [0.2, 0.25) is 0 Å². The first-order valence-corrected chi connectivity index (χ1v) is 6.71. The SMILES string of the molecule is CC1C(c2cccc(Cl)c2F)CNC12CCC2. The molecule has 0 radical (unpaired) electrons. The molecule has 1 nitrogen and oxygen atoms in total. The van der Waals surface area contributed by atoms with E-state index in [0.29, 0.717) is 5.92 Å². The smallest absolute Gasteiger partial charge is 0.145 e. The maximum atomic E-state index is 14.0. The zero-order chi connectivity index (χ0) is 12.0. The van der Waals surface area contributed by atoms with Crippen LogP contribution in [0.25, 0.3) is 0 Å². The molecule has 2 aliphatic rings. The fourth-order valence-electron chi connectivity index (χ4n) is 3.41. The number of benzene rings is 1. The van der Waals surface area contributed by atoms with Gasteiger partial charge in [0.1, 0.15) is 5.82 Å². The van der Waals surface area contributed by atoms with Gasteiger partial charge in [-0.2, -0.15) is 0 Å². The van der Waals surface area contributed by atoms with E-state index in [0.717, 1.165) is 12.1 Å². The lowest BCUT2D eigenvalue weighted by molar-refractivity contribution is 0.156. The quantitative estimate of drug-likeness (QED) is 0.804. The summed E-state index contributed by atoms with van der Waals surface area (Å²) in [5.74, 6) is 0.516. The van der Waals surface area contributed by atoms with E-state index in [1.54, 1.807) is 6.07 Å². The van der Waals surface area contributed by atoms with E-state index < -0.39 is 0 Å².